The second-order valence-electron chi connectivity index (χ2n) is 18.6. The van der Waals surface area contributed by atoms with E-state index >= 15 is 0 Å². The van der Waals surface area contributed by atoms with Crippen LogP contribution in [0.4, 0.5) is 17.2 Å². The van der Waals surface area contributed by atoms with Crippen molar-refractivity contribution >= 4 is 40.3 Å². The lowest BCUT2D eigenvalue weighted by molar-refractivity contribution is 0.332. The van der Waals surface area contributed by atoms with Crippen molar-refractivity contribution in [2.24, 2.45) is 0 Å². The van der Waals surface area contributed by atoms with Crippen molar-refractivity contribution < 1.29 is 4.74 Å². The van der Waals surface area contributed by atoms with Crippen LogP contribution in [0.15, 0.2) is 60.8 Å². The van der Waals surface area contributed by atoms with Crippen LogP contribution in [0.5, 0.6) is 11.5 Å². The predicted molar refractivity (Wildman–Crippen MR) is 199 cm³/mol. The molecule has 0 atom stereocenters. The summed E-state index contributed by atoms with van der Waals surface area (Å²) in [6, 6.07) is 21.3. The molecular weight excluding hydrogens is 571 g/mol. The molecule has 0 radical (unpaired) electrons. The molecule has 47 heavy (non-hydrogen) atoms. The van der Waals surface area contributed by atoms with Crippen molar-refractivity contribution in [1.82, 2.24) is 4.98 Å². The van der Waals surface area contributed by atoms with E-state index in [1.54, 1.807) is 0 Å². The molecule has 0 bridgehead atoms. The Morgan fingerprint density at radius 1 is 0.638 bits per heavy atom. The molecule has 4 aromatic rings. The molecule has 1 aromatic heterocycles. The molecule has 2 aliphatic heterocycles. The zero-order chi connectivity index (χ0) is 33.5. The van der Waals surface area contributed by atoms with Gasteiger partial charge >= 0.3 is 0 Å². The monoisotopic (exact) mass is 622 g/mol. The number of ether oxygens (including phenoxy) is 1. The van der Waals surface area contributed by atoms with Gasteiger partial charge in [-0.05, 0) is 122 Å². The number of fused-ring (bicyclic) bond motifs is 6. The first-order valence-corrected chi connectivity index (χ1v) is 17.8. The lowest BCUT2D eigenvalue weighted by Crippen LogP contribution is -2.60. The van der Waals surface area contributed by atoms with Gasteiger partial charge in [0.05, 0.1) is 0 Å². The molecule has 0 amide bonds. The van der Waals surface area contributed by atoms with E-state index < -0.39 is 0 Å². The minimum atomic E-state index is 0.0299. The molecule has 242 valence electrons. The first kappa shape index (κ1) is 30.8. The molecule has 0 saturated heterocycles. The van der Waals surface area contributed by atoms with Gasteiger partial charge in [0.25, 0.3) is 6.71 Å². The Morgan fingerprint density at radius 3 is 1.87 bits per heavy atom. The van der Waals surface area contributed by atoms with Gasteiger partial charge < -0.3 is 4.74 Å². The average molecular weight is 623 g/mol. The second-order valence-corrected chi connectivity index (χ2v) is 18.6. The molecule has 3 heterocycles. The third-order valence-corrected chi connectivity index (χ3v) is 12.5. The van der Waals surface area contributed by atoms with Crippen LogP contribution in [-0.4, -0.2) is 11.7 Å². The highest BCUT2D eigenvalue weighted by Gasteiger charge is 2.47. The average Bonchev–Trinajstić information content (AvgIpc) is 3.00. The number of nitrogens with zero attached hydrogens (tertiary/aromatic N) is 2. The van der Waals surface area contributed by atoms with Crippen molar-refractivity contribution in [2.45, 2.75) is 129 Å². The SMILES string of the molecule is CC(C)(C)c1ccc2c(c1)B1c3cc4c(cc3N(c3ccc5c(c3)C(C)(C)CCC5(C)C)c3nccc(c31)O2)C(C)(C)CCC4(C)C. The summed E-state index contributed by atoms with van der Waals surface area (Å²) in [6.45, 7) is 26.4. The van der Waals surface area contributed by atoms with Crippen molar-refractivity contribution in [3.05, 3.63) is 88.6 Å². The third-order valence-electron chi connectivity index (χ3n) is 12.5. The fourth-order valence-electron chi connectivity index (χ4n) is 9.05. The molecule has 8 rings (SSSR count). The standard InChI is InChI=1S/C43H51BN2O/c1-39(2,3)26-12-15-35-33(22-26)44-32-24-30-31(43(10,11)20-19-42(30,8)9)25-34(32)46(38-37(44)36(47-35)16-21-45-38)27-13-14-28-29(23-27)41(6,7)18-17-40(28,4)5/h12-16,21-25H,17-20H2,1-11H3. The largest absolute Gasteiger partial charge is 0.458 e. The van der Waals surface area contributed by atoms with Crippen LogP contribution in [0.2, 0.25) is 0 Å². The van der Waals surface area contributed by atoms with E-state index in [1.807, 2.05) is 6.20 Å². The summed E-state index contributed by atoms with van der Waals surface area (Å²) in [5.74, 6) is 2.87. The van der Waals surface area contributed by atoms with Gasteiger partial charge in [-0.15, -0.1) is 0 Å². The lowest BCUT2D eigenvalue weighted by Gasteiger charge is -2.46. The number of rotatable bonds is 1. The molecule has 0 N–H and O–H groups in total. The van der Waals surface area contributed by atoms with E-state index in [4.69, 9.17) is 9.72 Å². The Bertz CT molecular complexity index is 1970. The van der Waals surface area contributed by atoms with Crippen LogP contribution in [0.1, 0.15) is 130 Å². The van der Waals surface area contributed by atoms with Gasteiger partial charge in [-0.3, -0.25) is 4.90 Å². The normalized spacial score (nSPS) is 20.7. The van der Waals surface area contributed by atoms with Crippen LogP contribution < -0.4 is 26.0 Å². The van der Waals surface area contributed by atoms with Crippen molar-refractivity contribution in [1.29, 1.82) is 0 Å². The maximum atomic E-state index is 6.76. The van der Waals surface area contributed by atoms with E-state index in [2.05, 4.69) is 136 Å². The van der Waals surface area contributed by atoms with Crippen LogP contribution >= 0.6 is 0 Å². The van der Waals surface area contributed by atoms with Crippen LogP contribution in [0.25, 0.3) is 0 Å². The fourth-order valence-corrected chi connectivity index (χ4v) is 9.05. The summed E-state index contributed by atoms with van der Waals surface area (Å²) in [7, 11) is 0. The summed E-state index contributed by atoms with van der Waals surface area (Å²) in [4.78, 5) is 7.69. The molecule has 3 nitrogen and oxygen atoms in total. The molecule has 0 spiro atoms. The summed E-state index contributed by atoms with van der Waals surface area (Å²) in [5, 5.41) is 0. The predicted octanol–water partition coefficient (Wildman–Crippen LogP) is 9.48. The van der Waals surface area contributed by atoms with Gasteiger partial charge in [0.15, 0.2) is 0 Å². The van der Waals surface area contributed by atoms with E-state index in [0.29, 0.717) is 0 Å². The summed E-state index contributed by atoms with van der Waals surface area (Å²) >= 11 is 0. The fraction of sp³-hybridized carbons (Fsp3) is 0.465. The minimum absolute atomic E-state index is 0.0299. The molecule has 4 heteroatoms. The quantitative estimate of drug-likeness (QED) is 0.171. The van der Waals surface area contributed by atoms with E-state index in [9.17, 15) is 0 Å². The van der Waals surface area contributed by atoms with Gasteiger partial charge in [-0.25, -0.2) is 4.98 Å². The maximum Gasteiger partial charge on any atom is 0.258 e. The number of anilines is 3. The third kappa shape index (κ3) is 4.49. The Hall–Kier alpha value is -3.53. The number of pyridine rings is 1. The maximum absolute atomic E-state index is 6.76. The molecule has 0 saturated carbocycles. The topological polar surface area (TPSA) is 25.4 Å². The van der Waals surface area contributed by atoms with Crippen LogP contribution in [0, 0.1) is 0 Å². The zero-order valence-corrected chi connectivity index (χ0v) is 30.5. The minimum Gasteiger partial charge on any atom is -0.458 e. The highest BCUT2D eigenvalue weighted by atomic mass is 16.5. The van der Waals surface area contributed by atoms with Crippen molar-refractivity contribution in [3.63, 3.8) is 0 Å². The Kier molecular flexibility index (Phi) is 6.25. The smallest absolute Gasteiger partial charge is 0.258 e. The first-order valence-electron chi connectivity index (χ1n) is 17.8. The van der Waals surface area contributed by atoms with Crippen LogP contribution in [0.3, 0.4) is 0 Å². The van der Waals surface area contributed by atoms with Crippen molar-refractivity contribution in [2.75, 3.05) is 4.90 Å². The number of aromatic nitrogens is 1. The van der Waals surface area contributed by atoms with E-state index in [1.165, 1.54) is 81.3 Å². The molecular formula is C43H51BN2O. The van der Waals surface area contributed by atoms with E-state index in [-0.39, 0.29) is 33.8 Å². The van der Waals surface area contributed by atoms with Gasteiger partial charge in [-0.2, -0.15) is 0 Å². The molecule has 2 aliphatic carbocycles. The number of hydrogen-bond acceptors (Lipinski definition) is 3. The highest BCUT2D eigenvalue weighted by Crippen LogP contribution is 2.51. The first-order chi connectivity index (χ1) is 21.9. The Balaban J connectivity index is 1.45. The molecule has 4 aliphatic rings. The second kappa shape index (κ2) is 9.55. The molecule has 0 unspecified atom stereocenters. The van der Waals surface area contributed by atoms with Gasteiger partial charge in [0.2, 0.25) is 0 Å². The zero-order valence-electron chi connectivity index (χ0n) is 30.5. The van der Waals surface area contributed by atoms with Gasteiger partial charge in [0.1, 0.15) is 17.3 Å². The molecule has 3 aromatic carbocycles. The van der Waals surface area contributed by atoms with E-state index in [0.717, 1.165) is 17.3 Å². The summed E-state index contributed by atoms with van der Waals surface area (Å²) in [6.07, 6.45) is 6.70. The number of benzene rings is 3. The molecule has 0 fully saturated rings. The Labute approximate surface area is 283 Å². The van der Waals surface area contributed by atoms with Gasteiger partial charge in [0, 0.05) is 23.0 Å². The Morgan fingerprint density at radius 2 is 1.23 bits per heavy atom. The van der Waals surface area contributed by atoms with Gasteiger partial charge in [-0.1, -0.05) is 100 Å². The lowest BCUT2D eigenvalue weighted by atomic mass is 9.34. The highest BCUT2D eigenvalue weighted by molar-refractivity contribution is 6.99. The number of hydrogen-bond donors (Lipinski definition) is 0. The van der Waals surface area contributed by atoms with Crippen LogP contribution in [-0.2, 0) is 27.1 Å². The summed E-state index contributed by atoms with van der Waals surface area (Å²) < 4.78 is 6.76. The summed E-state index contributed by atoms with van der Waals surface area (Å²) in [5.41, 5.74) is 14.0. The van der Waals surface area contributed by atoms with Crippen molar-refractivity contribution in [3.8, 4) is 11.5 Å².